The Labute approximate surface area is 185 Å². The molecular formula is C25H24N4O3. The predicted octanol–water partition coefficient (Wildman–Crippen LogP) is 3.11. The van der Waals surface area contributed by atoms with Crippen LogP contribution in [0.4, 0.5) is 0 Å². The van der Waals surface area contributed by atoms with Crippen LogP contribution in [0.3, 0.4) is 0 Å². The molecule has 0 saturated heterocycles. The summed E-state index contributed by atoms with van der Waals surface area (Å²) in [7, 11) is 0. The summed E-state index contributed by atoms with van der Waals surface area (Å²) in [5, 5.41) is 15.8. The highest BCUT2D eigenvalue weighted by Crippen LogP contribution is 2.21. The van der Waals surface area contributed by atoms with E-state index in [0.717, 1.165) is 36.1 Å². The van der Waals surface area contributed by atoms with Crippen molar-refractivity contribution in [2.45, 2.75) is 25.7 Å². The van der Waals surface area contributed by atoms with Gasteiger partial charge in [-0.05, 0) is 48.4 Å². The summed E-state index contributed by atoms with van der Waals surface area (Å²) >= 11 is 0. The van der Waals surface area contributed by atoms with Crippen molar-refractivity contribution in [3.05, 3.63) is 101 Å². The summed E-state index contributed by atoms with van der Waals surface area (Å²) in [6, 6.07) is 22.2. The van der Waals surface area contributed by atoms with Crippen molar-refractivity contribution in [1.29, 1.82) is 0 Å². The van der Waals surface area contributed by atoms with Crippen LogP contribution in [0.5, 0.6) is 0 Å². The minimum Gasteiger partial charge on any atom is -0.480 e. The SMILES string of the molecule is O=C(O)CNC(=O)c1c(CCc2ccccc2)cc(CCc2ccccc2)n2ncnc12. The number of amides is 1. The van der Waals surface area contributed by atoms with E-state index in [1.807, 2.05) is 42.5 Å². The van der Waals surface area contributed by atoms with Gasteiger partial charge in [0, 0.05) is 5.69 Å². The third-order valence-electron chi connectivity index (χ3n) is 5.37. The normalized spacial score (nSPS) is 10.9. The minimum atomic E-state index is -1.10. The average molecular weight is 428 g/mol. The zero-order chi connectivity index (χ0) is 22.3. The first-order valence-corrected chi connectivity index (χ1v) is 10.5. The maximum absolute atomic E-state index is 12.9. The largest absolute Gasteiger partial charge is 0.480 e. The van der Waals surface area contributed by atoms with E-state index >= 15 is 0 Å². The van der Waals surface area contributed by atoms with E-state index in [0.29, 0.717) is 17.6 Å². The number of carbonyl (C=O) groups is 2. The van der Waals surface area contributed by atoms with E-state index in [1.165, 1.54) is 11.9 Å². The number of rotatable bonds is 9. The second-order valence-corrected chi connectivity index (χ2v) is 7.58. The molecule has 0 unspecified atom stereocenters. The van der Waals surface area contributed by atoms with Crippen LogP contribution >= 0.6 is 0 Å². The standard InChI is InChI=1S/C25H24N4O3/c30-22(31)16-26-25(32)23-20(13-11-18-7-3-1-4-8-18)15-21(29-24(23)27-17-28-29)14-12-19-9-5-2-6-10-19/h1-10,15,17H,11-14,16H2,(H,26,32)(H,30,31). The number of carboxylic acid groups (broad SMARTS) is 1. The van der Waals surface area contributed by atoms with Gasteiger partial charge in [-0.3, -0.25) is 9.59 Å². The van der Waals surface area contributed by atoms with Crippen LogP contribution in [0, 0.1) is 0 Å². The first kappa shape index (κ1) is 21.2. The molecule has 1 amide bonds. The molecule has 162 valence electrons. The highest BCUT2D eigenvalue weighted by molar-refractivity contribution is 6.02. The summed E-state index contributed by atoms with van der Waals surface area (Å²) in [5.74, 6) is -1.55. The lowest BCUT2D eigenvalue weighted by Crippen LogP contribution is -2.31. The van der Waals surface area contributed by atoms with Crippen molar-refractivity contribution in [1.82, 2.24) is 19.9 Å². The molecule has 7 nitrogen and oxygen atoms in total. The molecule has 2 heterocycles. The van der Waals surface area contributed by atoms with Gasteiger partial charge in [-0.1, -0.05) is 60.7 Å². The number of carboxylic acids is 1. The van der Waals surface area contributed by atoms with Gasteiger partial charge in [-0.25, -0.2) is 9.50 Å². The first-order valence-electron chi connectivity index (χ1n) is 10.5. The lowest BCUT2D eigenvalue weighted by molar-refractivity contribution is -0.135. The summed E-state index contributed by atoms with van der Waals surface area (Å²) in [5.41, 5.74) is 5.00. The number of nitrogens with zero attached hydrogens (tertiary/aromatic N) is 3. The van der Waals surface area contributed by atoms with E-state index in [1.54, 1.807) is 4.52 Å². The quantitative estimate of drug-likeness (QED) is 0.427. The molecule has 4 rings (SSSR count). The molecule has 0 radical (unpaired) electrons. The number of aromatic nitrogens is 3. The van der Waals surface area contributed by atoms with Gasteiger partial charge in [0.2, 0.25) is 0 Å². The molecule has 0 aliphatic heterocycles. The smallest absolute Gasteiger partial charge is 0.322 e. The lowest BCUT2D eigenvalue weighted by atomic mass is 9.98. The van der Waals surface area contributed by atoms with E-state index in [2.05, 4.69) is 39.7 Å². The van der Waals surface area contributed by atoms with Crippen LogP contribution in [0.15, 0.2) is 73.1 Å². The Morgan fingerprint density at radius 1 is 0.875 bits per heavy atom. The predicted molar refractivity (Wildman–Crippen MR) is 121 cm³/mol. The molecule has 0 fully saturated rings. The Balaban J connectivity index is 1.69. The Bertz CT molecular complexity index is 1220. The molecule has 32 heavy (non-hydrogen) atoms. The number of nitrogens with one attached hydrogen (secondary N) is 1. The topological polar surface area (TPSA) is 96.6 Å². The summed E-state index contributed by atoms with van der Waals surface area (Å²) in [4.78, 5) is 28.2. The number of aliphatic carboxylic acids is 1. The zero-order valence-corrected chi connectivity index (χ0v) is 17.6. The fourth-order valence-corrected chi connectivity index (χ4v) is 3.81. The second kappa shape index (κ2) is 9.87. The monoisotopic (exact) mass is 428 g/mol. The molecule has 0 aliphatic carbocycles. The highest BCUT2D eigenvalue weighted by atomic mass is 16.4. The number of carbonyl (C=O) groups excluding carboxylic acids is 1. The number of pyridine rings is 1. The van der Waals surface area contributed by atoms with Crippen LogP contribution in [0.1, 0.15) is 32.7 Å². The summed E-state index contributed by atoms with van der Waals surface area (Å²) in [6.07, 6.45) is 4.37. The maximum Gasteiger partial charge on any atom is 0.322 e. The Hall–Kier alpha value is -4.00. The second-order valence-electron chi connectivity index (χ2n) is 7.58. The van der Waals surface area contributed by atoms with Crippen LogP contribution in [-0.4, -0.2) is 38.1 Å². The van der Waals surface area contributed by atoms with Crippen molar-refractivity contribution < 1.29 is 14.7 Å². The molecule has 0 bridgehead atoms. The minimum absolute atomic E-state index is 0.378. The fraction of sp³-hybridized carbons (Fsp3) is 0.200. The van der Waals surface area contributed by atoms with Crippen LogP contribution in [-0.2, 0) is 30.5 Å². The van der Waals surface area contributed by atoms with Crippen molar-refractivity contribution in [2.24, 2.45) is 0 Å². The number of hydrogen-bond acceptors (Lipinski definition) is 4. The molecule has 0 aliphatic rings. The van der Waals surface area contributed by atoms with Crippen molar-refractivity contribution in [2.75, 3.05) is 6.54 Å². The van der Waals surface area contributed by atoms with Crippen molar-refractivity contribution in [3.8, 4) is 0 Å². The van der Waals surface area contributed by atoms with Gasteiger partial charge in [0.1, 0.15) is 12.9 Å². The average Bonchev–Trinajstić information content (AvgIpc) is 3.30. The number of aryl methyl sites for hydroxylation is 4. The van der Waals surface area contributed by atoms with E-state index in [9.17, 15) is 9.59 Å². The van der Waals surface area contributed by atoms with Gasteiger partial charge < -0.3 is 10.4 Å². The number of hydrogen-bond donors (Lipinski definition) is 2. The number of fused-ring (bicyclic) bond motifs is 1. The Morgan fingerprint density at radius 2 is 1.50 bits per heavy atom. The highest BCUT2D eigenvalue weighted by Gasteiger charge is 2.21. The van der Waals surface area contributed by atoms with Crippen LogP contribution in [0.25, 0.3) is 5.65 Å². The van der Waals surface area contributed by atoms with E-state index in [4.69, 9.17) is 5.11 Å². The summed E-state index contributed by atoms with van der Waals surface area (Å²) < 4.78 is 1.69. The van der Waals surface area contributed by atoms with E-state index in [-0.39, 0.29) is 0 Å². The van der Waals surface area contributed by atoms with Gasteiger partial charge in [-0.15, -0.1) is 0 Å². The van der Waals surface area contributed by atoms with Gasteiger partial charge in [0.15, 0.2) is 5.65 Å². The molecule has 2 aromatic heterocycles. The third kappa shape index (κ3) is 5.00. The van der Waals surface area contributed by atoms with Crippen LogP contribution < -0.4 is 5.32 Å². The first-order chi connectivity index (χ1) is 15.6. The molecular weight excluding hydrogens is 404 g/mol. The van der Waals surface area contributed by atoms with Crippen molar-refractivity contribution in [3.63, 3.8) is 0 Å². The third-order valence-corrected chi connectivity index (χ3v) is 5.37. The lowest BCUT2D eigenvalue weighted by Gasteiger charge is -2.14. The fourth-order valence-electron chi connectivity index (χ4n) is 3.81. The molecule has 2 N–H and O–H groups in total. The zero-order valence-electron chi connectivity index (χ0n) is 17.6. The van der Waals surface area contributed by atoms with Gasteiger partial charge in [-0.2, -0.15) is 5.10 Å². The summed E-state index contributed by atoms with van der Waals surface area (Å²) in [6.45, 7) is -0.451. The molecule has 2 aromatic carbocycles. The Morgan fingerprint density at radius 3 is 2.12 bits per heavy atom. The molecule has 0 spiro atoms. The molecule has 0 saturated carbocycles. The molecule has 0 atom stereocenters. The molecule has 4 aromatic rings. The van der Waals surface area contributed by atoms with Crippen molar-refractivity contribution >= 4 is 17.5 Å². The van der Waals surface area contributed by atoms with Gasteiger partial charge in [0.25, 0.3) is 5.91 Å². The maximum atomic E-state index is 12.9. The van der Waals surface area contributed by atoms with E-state index < -0.39 is 18.4 Å². The number of benzene rings is 2. The van der Waals surface area contributed by atoms with Crippen LogP contribution in [0.2, 0.25) is 0 Å². The van der Waals surface area contributed by atoms with Gasteiger partial charge in [0.05, 0.1) is 5.56 Å². The molecule has 7 heteroatoms. The van der Waals surface area contributed by atoms with Gasteiger partial charge >= 0.3 is 5.97 Å². The Kier molecular flexibility index (Phi) is 6.55.